The molecule has 0 fully saturated rings. The summed E-state index contributed by atoms with van der Waals surface area (Å²) < 4.78 is 28.4. The van der Waals surface area contributed by atoms with Gasteiger partial charge in [0.25, 0.3) is 10.0 Å². The van der Waals surface area contributed by atoms with Crippen molar-refractivity contribution in [2.45, 2.75) is 39.1 Å². The van der Waals surface area contributed by atoms with E-state index in [1.807, 2.05) is 82.3 Å². The fraction of sp³-hybridized carbons (Fsp3) is 0.217. The van der Waals surface area contributed by atoms with Crippen molar-refractivity contribution in [3.8, 4) is 0 Å². The SMILES string of the molecule is Cc1ccc(CN(c2cc(C)cc(C)c2)S(=O)(=O)c2ccc(C)cc2)cc1. The monoisotopic (exact) mass is 379 g/mol. The van der Waals surface area contributed by atoms with Crippen LogP contribution in [0.15, 0.2) is 71.6 Å². The van der Waals surface area contributed by atoms with E-state index >= 15 is 0 Å². The Morgan fingerprint density at radius 3 is 1.67 bits per heavy atom. The molecule has 3 aromatic rings. The van der Waals surface area contributed by atoms with Crippen LogP contribution in [0.1, 0.15) is 27.8 Å². The van der Waals surface area contributed by atoms with E-state index in [1.54, 1.807) is 12.1 Å². The van der Waals surface area contributed by atoms with E-state index in [1.165, 1.54) is 4.31 Å². The lowest BCUT2D eigenvalue weighted by Gasteiger charge is -2.25. The van der Waals surface area contributed by atoms with E-state index in [0.717, 1.165) is 27.8 Å². The van der Waals surface area contributed by atoms with Crippen molar-refractivity contribution < 1.29 is 8.42 Å². The number of nitrogens with zero attached hydrogens (tertiary/aromatic N) is 1. The van der Waals surface area contributed by atoms with Gasteiger partial charge in [-0.2, -0.15) is 0 Å². The fourth-order valence-electron chi connectivity index (χ4n) is 3.11. The quantitative estimate of drug-likeness (QED) is 0.602. The minimum Gasteiger partial charge on any atom is -0.262 e. The molecule has 0 aliphatic carbocycles. The molecule has 27 heavy (non-hydrogen) atoms. The molecule has 0 aliphatic heterocycles. The molecule has 0 amide bonds. The zero-order valence-electron chi connectivity index (χ0n) is 16.2. The number of hydrogen-bond acceptors (Lipinski definition) is 2. The highest BCUT2D eigenvalue weighted by atomic mass is 32.2. The predicted molar refractivity (Wildman–Crippen MR) is 112 cm³/mol. The molecular weight excluding hydrogens is 354 g/mol. The van der Waals surface area contributed by atoms with Crippen LogP contribution in [-0.2, 0) is 16.6 Å². The molecule has 0 heterocycles. The van der Waals surface area contributed by atoms with Gasteiger partial charge in [-0.1, -0.05) is 53.6 Å². The molecule has 0 aliphatic rings. The maximum atomic E-state index is 13.5. The van der Waals surface area contributed by atoms with Crippen LogP contribution in [0.2, 0.25) is 0 Å². The second kappa shape index (κ2) is 7.57. The molecule has 3 aromatic carbocycles. The standard InChI is InChI=1S/C23H25NO2S/c1-17-5-9-21(10-6-17)16-24(22-14-19(3)13-20(4)15-22)27(25,26)23-11-7-18(2)8-12-23/h5-15H,16H2,1-4H3. The molecule has 0 atom stereocenters. The van der Waals surface area contributed by atoms with E-state index < -0.39 is 10.0 Å². The normalized spacial score (nSPS) is 11.4. The molecule has 140 valence electrons. The van der Waals surface area contributed by atoms with Gasteiger partial charge in [0.1, 0.15) is 0 Å². The number of sulfonamides is 1. The molecule has 4 heteroatoms. The molecular formula is C23H25NO2S. The largest absolute Gasteiger partial charge is 0.264 e. The number of aryl methyl sites for hydroxylation is 4. The van der Waals surface area contributed by atoms with Crippen molar-refractivity contribution in [3.63, 3.8) is 0 Å². The van der Waals surface area contributed by atoms with Crippen molar-refractivity contribution in [3.05, 3.63) is 94.5 Å². The summed E-state index contributed by atoms with van der Waals surface area (Å²) in [6.45, 7) is 8.23. The van der Waals surface area contributed by atoms with E-state index in [-0.39, 0.29) is 0 Å². The van der Waals surface area contributed by atoms with Crippen LogP contribution in [0.4, 0.5) is 5.69 Å². The maximum absolute atomic E-state index is 13.5. The molecule has 0 radical (unpaired) electrons. The zero-order chi connectivity index (χ0) is 19.6. The smallest absolute Gasteiger partial charge is 0.262 e. The summed E-state index contributed by atoms with van der Waals surface area (Å²) >= 11 is 0. The summed E-state index contributed by atoms with van der Waals surface area (Å²) in [5.74, 6) is 0. The topological polar surface area (TPSA) is 37.4 Å². The Balaban J connectivity index is 2.11. The van der Waals surface area contributed by atoms with Gasteiger partial charge >= 0.3 is 0 Å². The molecule has 0 spiro atoms. The van der Waals surface area contributed by atoms with Crippen LogP contribution in [0.3, 0.4) is 0 Å². The molecule has 0 aromatic heterocycles. The average molecular weight is 380 g/mol. The van der Waals surface area contributed by atoms with Crippen LogP contribution in [0, 0.1) is 27.7 Å². The van der Waals surface area contributed by atoms with Crippen molar-refractivity contribution >= 4 is 15.7 Å². The lowest BCUT2D eigenvalue weighted by molar-refractivity contribution is 0.590. The van der Waals surface area contributed by atoms with E-state index in [0.29, 0.717) is 17.1 Å². The average Bonchev–Trinajstić information content (AvgIpc) is 2.60. The molecule has 0 unspecified atom stereocenters. The van der Waals surface area contributed by atoms with Gasteiger partial charge in [0, 0.05) is 0 Å². The number of anilines is 1. The summed E-state index contributed by atoms with van der Waals surface area (Å²) in [6, 6.07) is 20.9. The highest BCUT2D eigenvalue weighted by Crippen LogP contribution is 2.28. The van der Waals surface area contributed by atoms with Crippen molar-refractivity contribution in [2.24, 2.45) is 0 Å². The van der Waals surface area contributed by atoms with Crippen LogP contribution in [-0.4, -0.2) is 8.42 Å². The number of rotatable bonds is 5. The second-order valence-electron chi connectivity index (χ2n) is 7.16. The first-order valence-electron chi connectivity index (χ1n) is 8.99. The third-order valence-corrected chi connectivity index (χ3v) is 6.34. The summed E-state index contributed by atoms with van der Waals surface area (Å²) in [5.41, 5.74) is 5.91. The third-order valence-electron chi connectivity index (χ3n) is 4.55. The van der Waals surface area contributed by atoms with Crippen molar-refractivity contribution in [1.82, 2.24) is 0 Å². The fourth-order valence-corrected chi connectivity index (χ4v) is 4.54. The molecule has 0 bridgehead atoms. The Kier molecular flexibility index (Phi) is 5.38. The summed E-state index contributed by atoms with van der Waals surface area (Å²) in [7, 11) is -3.68. The van der Waals surface area contributed by atoms with E-state index in [2.05, 4.69) is 0 Å². The molecule has 0 saturated carbocycles. The summed E-state index contributed by atoms with van der Waals surface area (Å²) in [6.07, 6.45) is 0. The van der Waals surface area contributed by atoms with Gasteiger partial charge in [0.15, 0.2) is 0 Å². The van der Waals surface area contributed by atoms with Crippen molar-refractivity contribution in [2.75, 3.05) is 4.31 Å². The first-order chi connectivity index (χ1) is 12.8. The van der Waals surface area contributed by atoms with E-state index in [4.69, 9.17) is 0 Å². The van der Waals surface area contributed by atoms with E-state index in [9.17, 15) is 8.42 Å². The van der Waals surface area contributed by atoms with Crippen molar-refractivity contribution in [1.29, 1.82) is 0 Å². The minimum atomic E-state index is -3.68. The lowest BCUT2D eigenvalue weighted by atomic mass is 10.1. The van der Waals surface area contributed by atoms with Crippen LogP contribution in [0.5, 0.6) is 0 Å². The van der Waals surface area contributed by atoms with Gasteiger partial charge in [-0.25, -0.2) is 8.42 Å². The maximum Gasteiger partial charge on any atom is 0.264 e. The van der Waals surface area contributed by atoms with Gasteiger partial charge in [0.05, 0.1) is 17.1 Å². The molecule has 3 nitrogen and oxygen atoms in total. The number of benzene rings is 3. The van der Waals surface area contributed by atoms with Crippen LogP contribution >= 0.6 is 0 Å². The predicted octanol–water partition coefficient (Wildman–Crippen LogP) is 5.32. The molecule has 0 saturated heterocycles. The highest BCUT2D eigenvalue weighted by molar-refractivity contribution is 7.92. The molecule has 0 N–H and O–H groups in total. The van der Waals surface area contributed by atoms with Gasteiger partial charge < -0.3 is 0 Å². The van der Waals surface area contributed by atoms with Gasteiger partial charge in [0.2, 0.25) is 0 Å². The Morgan fingerprint density at radius 2 is 1.15 bits per heavy atom. The molecule has 3 rings (SSSR count). The first-order valence-corrected chi connectivity index (χ1v) is 10.4. The zero-order valence-corrected chi connectivity index (χ0v) is 17.0. The Hall–Kier alpha value is -2.59. The first kappa shape index (κ1) is 19.2. The Morgan fingerprint density at radius 1 is 0.667 bits per heavy atom. The minimum absolute atomic E-state index is 0.291. The third kappa shape index (κ3) is 4.40. The Labute approximate surface area is 162 Å². The summed E-state index contributed by atoms with van der Waals surface area (Å²) in [5, 5.41) is 0. The second-order valence-corrected chi connectivity index (χ2v) is 9.02. The van der Waals surface area contributed by atoms with Crippen LogP contribution in [0.25, 0.3) is 0 Å². The summed E-state index contributed by atoms with van der Waals surface area (Å²) in [4.78, 5) is 0.305. The number of hydrogen-bond donors (Lipinski definition) is 0. The van der Waals surface area contributed by atoms with Crippen LogP contribution < -0.4 is 4.31 Å². The van der Waals surface area contributed by atoms with Gasteiger partial charge in [-0.05, 0) is 68.7 Å². The van der Waals surface area contributed by atoms with Gasteiger partial charge in [-0.15, -0.1) is 0 Å². The van der Waals surface area contributed by atoms with Gasteiger partial charge in [-0.3, -0.25) is 4.31 Å². The Bertz CT molecular complexity index is 1020. The highest BCUT2D eigenvalue weighted by Gasteiger charge is 2.25. The lowest BCUT2D eigenvalue weighted by Crippen LogP contribution is -2.30.